The summed E-state index contributed by atoms with van der Waals surface area (Å²) in [6.07, 6.45) is 1.92. The lowest BCUT2D eigenvalue weighted by Gasteiger charge is -2.40. The van der Waals surface area contributed by atoms with Crippen molar-refractivity contribution in [2.45, 2.75) is 40.0 Å². The molecule has 59 heavy (non-hydrogen) atoms. The molecule has 0 aliphatic carbocycles. The molecule has 5 heteroatoms. The minimum Gasteiger partial charge on any atom is -0.457 e. The van der Waals surface area contributed by atoms with Gasteiger partial charge in [0.2, 0.25) is 11.4 Å². The van der Waals surface area contributed by atoms with E-state index in [0.29, 0.717) is 9.18 Å². The summed E-state index contributed by atoms with van der Waals surface area (Å²) in [7, 11) is 0. The van der Waals surface area contributed by atoms with Crippen molar-refractivity contribution in [2.75, 3.05) is 0 Å². The van der Waals surface area contributed by atoms with Crippen molar-refractivity contribution < 1.29 is 4.74 Å². The SMILES string of the molecule is Cc1cc(C)cc(-c2cc(-c3ccccc3)cc([N@+]34[CH-][N+]3(c3cccc(Oc5ccc6c7ccccc7n(-c7cc(C(C)(C)C)ccn7)c6c5)c3)c3ccccc34)c2)c1. The molecule has 4 heterocycles. The molecule has 286 valence electrons. The molecule has 1 fully saturated rings. The van der Waals surface area contributed by atoms with Crippen LogP contribution in [0.2, 0.25) is 0 Å². The zero-order valence-electron chi connectivity index (χ0n) is 34.0. The van der Waals surface area contributed by atoms with E-state index in [1.807, 2.05) is 6.20 Å². The Morgan fingerprint density at radius 1 is 0.508 bits per heavy atom. The number of pyridine rings is 1. The molecule has 0 N–H and O–H groups in total. The van der Waals surface area contributed by atoms with Gasteiger partial charge < -0.3 is 4.74 Å². The van der Waals surface area contributed by atoms with Crippen molar-refractivity contribution in [3.05, 3.63) is 199 Å². The number of aryl methyl sites for hydroxylation is 2. The zero-order valence-corrected chi connectivity index (χ0v) is 34.0. The third-order valence-electron chi connectivity index (χ3n) is 12.3. The molecule has 2 aromatic heterocycles. The summed E-state index contributed by atoms with van der Waals surface area (Å²) in [6.45, 7) is 13.5. The number of benzene rings is 7. The molecule has 11 rings (SSSR count). The molecule has 0 radical (unpaired) electrons. The van der Waals surface area contributed by atoms with Crippen LogP contribution in [0.4, 0.5) is 22.7 Å². The molecule has 0 bridgehead atoms. The Kier molecular flexibility index (Phi) is 7.71. The minimum absolute atomic E-state index is 0.00286. The number of rotatable bonds is 7. The van der Waals surface area contributed by atoms with Gasteiger partial charge in [-0.15, -0.1) is 0 Å². The molecule has 1 unspecified atom stereocenters. The second-order valence-electron chi connectivity index (χ2n) is 17.3. The first-order valence-electron chi connectivity index (χ1n) is 20.5. The van der Waals surface area contributed by atoms with Gasteiger partial charge >= 0.3 is 0 Å². The van der Waals surface area contributed by atoms with Crippen molar-refractivity contribution in [1.82, 2.24) is 18.7 Å². The predicted molar refractivity (Wildman–Crippen MR) is 244 cm³/mol. The van der Waals surface area contributed by atoms with Crippen molar-refractivity contribution >= 4 is 44.6 Å². The lowest BCUT2D eigenvalue weighted by molar-refractivity contribution is 0.424. The number of para-hydroxylation sites is 3. The summed E-state index contributed by atoms with van der Waals surface area (Å²) >= 11 is 0. The standard InChI is InChI=1S/C54H45N4O/c1-36-26-37(2)28-39(27-36)41-29-40(38-14-7-6-8-15-38)30-44(31-41)58-35-57(58,51-20-11-12-21-52(51)58)43-16-13-17-45(33-43)59-46-22-23-48-47-18-9-10-19-49(47)56(50(48)34-46)53-32-42(24-25-55-53)54(3,4)5/h6-35H,1-5H3/q+1/t57?,58-/m0/s1. The highest BCUT2D eigenvalue weighted by atomic mass is 16.5. The number of quaternary nitrogens is 2. The summed E-state index contributed by atoms with van der Waals surface area (Å²) in [5.41, 5.74) is 15.8. The highest BCUT2D eigenvalue weighted by Crippen LogP contribution is 2.75. The van der Waals surface area contributed by atoms with Gasteiger partial charge in [-0.3, -0.25) is 4.57 Å². The van der Waals surface area contributed by atoms with Crippen LogP contribution in [-0.4, -0.2) is 9.55 Å². The van der Waals surface area contributed by atoms with Crippen LogP contribution in [0.3, 0.4) is 0 Å². The second kappa shape index (κ2) is 12.9. The van der Waals surface area contributed by atoms with Crippen LogP contribution in [0.15, 0.2) is 176 Å². The molecule has 9 aromatic rings. The fourth-order valence-electron chi connectivity index (χ4n) is 9.53. The molecule has 2 aliphatic rings. The molecule has 2 aliphatic heterocycles. The van der Waals surface area contributed by atoms with Crippen LogP contribution in [0.25, 0.3) is 49.9 Å². The van der Waals surface area contributed by atoms with Gasteiger partial charge in [0, 0.05) is 59.4 Å². The van der Waals surface area contributed by atoms with Crippen molar-refractivity contribution in [3.63, 3.8) is 0 Å². The highest BCUT2D eigenvalue weighted by Gasteiger charge is 2.77. The Morgan fingerprint density at radius 3 is 1.92 bits per heavy atom. The Labute approximate surface area is 345 Å². The average molecular weight is 766 g/mol. The summed E-state index contributed by atoms with van der Waals surface area (Å²) in [6, 6.07) is 61.6. The monoisotopic (exact) mass is 765 g/mol. The molecule has 0 saturated carbocycles. The normalized spacial score (nSPS) is 18.0. The van der Waals surface area contributed by atoms with Crippen molar-refractivity contribution in [2.24, 2.45) is 0 Å². The number of hydrogen-bond donors (Lipinski definition) is 0. The third kappa shape index (κ3) is 5.42. The van der Waals surface area contributed by atoms with Crippen LogP contribution in [0, 0.1) is 20.5 Å². The molecule has 1 saturated heterocycles. The molecular formula is C54H45N4O+. The van der Waals surface area contributed by atoms with E-state index in [0.717, 1.165) is 34.0 Å². The number of nitrogens with zero attached hydrogens (tertiary/aromatic N) is 4. The van der Waals surface area contributed by atoms with Crippen LogP contribution in [0.5, 0.6) is 11.5 Å². The number of fused-ring (bicyclic) bond motifs is 7. The van der Waals surface area contributed by atoms with Crippen molar-refractivity contribution in [3.8, 4) is 39.6 Å². The van der Waals surface area contributed by atoms with E-state index in [1.165, 1.54) is 66.8 Å². The Balaban J connectivity index is 1.01. The highest BCUT2D eigenvalue weighted by molar-refractivity contribution is 6.09. The number of aromatic nitrogens is 2. The summed E-state index contributed by atoms with van der Waals surface area (Å²) in [5.74, 6) is 2.47. The molecule has 0 amide bonds. The first kappa shape index (κ1) is 35.4. The summed E-state index contributed by atoms with van der Waals surface area (Å²) < 4.78 is 10.3. The van der Waals surface area contributed by atoms with Gasteiger partial charge in [-0.25, -0.2) is 4.98 Å². The maximum absolute atomic E-state index is 6.81. The fraction of sp³-hybridized carbons (Fsp3) is 0.111. The summed E-state index contributed by atoms with van der Waals surface area (Å²) in [5, 5.41) is 2.35. The van der Waals surface area contributed by atoms with E-state index in [9.17, 15) is 0 Å². The van der Waals surface area contributed by atoms with Crippen LogP contribution in [0.1, 0.15) is 37.5 Å². The van der Waals surface area contributed by atoms with E-state index in [1.54, 1.807) is 0 Å². The predicted octanol–water partition coefficient (Wildman–Crippen LogP) is 14.6. The van der Waals surface area contributed by atoms with E-state index in [4.69, 9.17) is 9.72 Å². The fourth-order valence-corrected chi connectivity index (χ4v) is 9.53. The van der Waals surface area contributed by atoms with E-state index in [2.05, 4.69) is 216 Å². The topological polar surface area (TPSA) is 27.1 Å². The van der Waals surface area contributed by atoms with E-state index < -0.39 is 0 Å². The quantitative estimate of drug-likeness (QED) is 0.0918. The van der Waals surface area contributed by atoms with Gasteiger partial charge in [-0.1, -0.05) is 117 Å². The molecule has 2 atom stereocenters. The number of ether oxygens (including phenoxy) is 1. The smallest absolute Gasteiger partial charge is 0.225 e. The molecule has 0 spiro atoms. The van der Waals surface area contributed by atoms with Gasteiger partial charge in [-0.05, 0) is 89.5 Å². The lowest BCUT2D eigenvalue weighted by Crippen LogP contribution is -2.46. The van der Waals surface area contributed by atoms with Gasteiger partial charge in [0.15, 0.2) is 18.0 Å². The van der Waals surface area contributed by atoms with Gasteiger partial charge in [0.25, 0.3) is 0 Å². The molecule has 5 nitrogen and oxygen atoms in total. The van der Waals surface area contributed by atoms with E-state index in [-0.39, 0.29) is 5.41 Å². The van der Waals surface area contributed by atoms with Crippen molar-refractivity contribution in [1.29, 1.82) is 0 Å². The second-order valence-corrected chi connectivity index (χ2v) is 17.3. The first-order chi connectivity index (χ1) is 28.6. The molecular weight excluding hydrogens is 721 g/mol. The Hall–Kier alpha value is -6.79. The van der Waals surface area contributed by atoms with Gasteiger partial charge in [0.1, 0.15) is 17.3 Å². The Bertz CT molecular complexity index is 3120. The lowest BCUT2D eigenvalue weighted by atomic mass is 9.88. The Morgan fingerprint density at radius 2 is 1.15 bits per heavy atom. The van der Waals surface area contributed by atoms with Crippen LogP contribution in [-0.2, 0) is 5.41 Å². The first-order valence-corrected chi connectivity index (χ1v) is 20.5. The number of hydrogen-bond acceptors (Lipinski definition) is 2. The van der Waals surface area contributed by atoms with Gasteiger partial charge in [-0.2, -0.15) is 9.18 Å². The third-order valence-corrected chi connectivity index (χ3v) is 12.3. The summed E-state index contributed by atoms with van der Waals surface area (Å²) in [4.78, 5) is 4.89. The molecule has 7 aromatic carbocycles. The maximum atomic E-state index is 6.81. The average Bonchev–Trinajstić information content (AvgIpc) is 3.74. The minimum atomic E-state index is -0.00286. The van der Waals surface area contributed by atoms with E-state index >= 15 is 0 Å². The van der Waals surface area contributed by atoms with Crippen LogP contribution < -0.4 is 13.9 Å². The largest absolute Gasteiger partial charge is 0.457 e. The van der Waals surface area contributed by atoms with Crippen LogP contribution >= 0.6 is 0 Å². The van der Waals surface area contributed by atoms with Gasteiger partial charge in [0.05, 0.1) is 11.0 Å². The zero-order chi connectivity index (χ0) is 40.1. The maximum Gasteiger partial charge on any atom is 0.225 e.